The van der Waals surface area contributed by atoms with E-state index in [9.17, 15) is 0 Å². The summed E-state index contributed by atoms with van der Waals surface area (Å²) in [5.74, 6) is 1.36. The van der Waals surface area contributed by atoms with Crippen LogP contribution in [0, 0.1) is 0 Å². The average Bonchev–Trinajstić information content (AvgIpc) is 2.49. The van der Waals surface area contributed by atoms with E-state index in [1.165, 1.54) is 76.4 Å². The highest BCUT2D eigenvalue weighted by Gasteiger charge is 2.19. The highest BCUT2D eigenvalue weighted by molar-refractivity contribution is 8.10. The van der Waals surface area contributed by atoms with Crippen LogP contribution in [0.1, 0.15) is 91.4 Å². The molecule has 1 unspecified atom stereocenters. The first-order valence-corrected chi connectivity index (χ1v) is 10.7. The molecule has 2 heteroatoms. The van der Waals surface area contributed by atoms with Crippen molar-refractivity contribution in [3.63, 3.8) is 0 Å². The van der Waals surface area contributed by atoms with Crippen LogP contribution < -0.4 is 0 Å². The van der Waals surface area contributed by atoms with Crippen LogP contribution in [0.15, 0.2) is 9.81 Å². The molecule has 0 saturated heterocycles. The molecule has 0 fully saturated rings. The lowest BCUT2D eigenvalue weighted by Gasteiger charge is -2.25. The Balaban J connectivity index is 2.05. The van der Waals surface area contributed by atoms with Crippen molar-refractivity contribution in [2.75, 3.05) is 5.75 Å². The van der Waals surface area contributed by atoms with Crippen LogP contribution in [0.25, 0.3) is 0 Å². The van der Waals surface area contributed by atoms with E-state index in [0.29, 0.717) is 0 Å². The molecule has 0 aromatic carbocycles. The third kappa shape index (κ3) is 7.45. The molecule has 0 aromatic rings. The van der Waals surface area contributed by atoms with Crippen molar-refractivity contribution in [3.05, 3.63) is 9.81 Å². The Hall–Kier alpha value is 0.440. The number of unbranched alkanes of at least 4 members (excludes halogenated alkanes) is 7. The van der Waals surface area contributed by atoms with E-state index in [1.54, 1.807) is 9.81 Å². The number of allylic oxidation sites excluding steroid dienone is 2. The standard InChI is InChI=1S/C18H34S2/c1-4-7-8-9-10-11-12-13-14-16-15-19-17(5-2)18(6-3)20-16/h16H,4-15H2,1-3H3. The van der Waals surface area contributed by atoms with E-state index < -0.39 is 0 Å². The topological polar surface area (TPSA) is 0 Å². The van der Waals surface area contributed by atoms with E-state index in [-0.39, 0.29) is 0 Å². The smallest absolute Gasteiger partial charge is 0.0185 e. The Morgan fingerprint density at radius 2 is 1.40 bits per heavy atom. The van der Waals surface area contributed by atoms with E-state index >= 15 is 0 Å². The van der Waals surface area contributed by atoms with Crippen LogP contribution in [0.2, 0.25) is 0 Å². The summed E-state index contributed by atoms with van der Waals surface area (Å²) in [7, 11) is 0. The number of hydrogen-bond acceptors (Lipinski definition) is 2. The second-order valence-electron chi connectivity index (χ2n) is 5.87. The summed E-state index contributed by atoms with van der Waals surface area (Å²) in [5, 5.41) is 0.894. The minimum Gasteiger partial charge on any atom is -0.129 e. The SMILES string of the molecule is CCCCCCCCCCC1CSC(CC)=C(CC)S1. The van der Waals surface area contributed by atoms with Gasteiger partial charge in [-0.2, -0.15) is 0 Å². The van der Waals surface area contributed by atoms with Gasteiger partial charge in [-0.1, -0.05) is 72.1 Å². The number of thioether (sulfide) groups is 2. The summed E-state index contributed by atoms with van der Waals surface area (Å²) in [5.41, 5.74) is 0. The van der Waals surface area contributed by atoms with Crippen LogP contribution in [-0.2, 0) is 0 Å². The van der Waals surface area contributed by atoms with Crippen molar-refractivity contribution >= 4 is 23.5 Å². The molecule has 1 aliphatic heterocycles. The molecule has 0 spiro atoms. The molecule has 118 valence electrons. The molecule has 1 aliphatic rings. The Morgan fingerprint density at radius 3 is 2.00 bits per heavy atom. The second kappa shape index (κ2) is 12.0. The molecule has 20 heavy (non-hydrogen) atoms. The molecule has 0 N–H and O–H groups in total. The molecule has 0 radical (unpaired) electrons. The van der Waals surface area contributed by atoms with Crippen molar-refractivity contribution in [2.45, 2.75) is 96.7 Å². The van der Waals surface area contributed by atoms with Gasteiger partial charge in [-0.05, 0) is 29.1 Å². The number of rotatable bonds is 11. The van der Waals surface area contributed by atoms with Crippen molar-refractivity contribution < 1.29 is 0 Å². The third-order valence-corrected chi connectivity index (χ3v) is 7.43. The van der Waals surface area contributed by atoms with Crippen molar-refractivity contribution in [2.24, 2.45) is 0 Å². The van der Waals surface area contributed by atoms with Gasteiger partial charge < -0.3 is 0 Å². The predicted molar refractivity (Wildman–Crippen MR) is 98.7 cm³/mol. The van der Waals surface area contributed by atoms with Gasteiger partial charge >= 0.3 is 0 Å². The molecule has 0 aliphatic carbocycles. The van der Waals surface area contributed by atoms with Crippen molar-refractivity contribution in [1.29, 1.82) is 0 Å². The Morgan fingerprint density at radius 1 is 0.800 bits per heavy atom. The Labute approximate surface area is 135 Å². The molecule has 0 nitrogen and oxygen atoms in total. The summed E-state index contributed by atoms with van der Waals surface area (Å²) >= 11 is 4.34. The summed E-state index contributed by atoms with van der Waals surface area (Å²) in [6.45, 7) is 6.91. The normalized spacial score (nSPS) is 19.6. The summed E-state index contributed by atoms with van der Waals surface area (Å²) < 4.78 is 0. The van der Waals surface area contributed by atoms with Crippen molar-refractivity contribution in [1.82, 2.24) is 0 Å². The highest BCUT2D eigenvalue weighted by atomic mass is 32.2. The molecule has 0 bridgehead atoms. The van der Waals surface area contributed by atoms with Gasteiger partial charge in [0.2, 0.25) is 0 Å². The van der Waals surface area contributed by atoms with Gasteiger partial charge in [0.15, 0.2) is 0 Å². The highest BCUT2D eigenvalue weighted by Crippen LogP contribution is 2.42. The summed E-state index contributed by atoms with van der Waals surface area (Å²) in [6, 6.07) is 0. The van der Waals surface area contributed by atoms with Gasteiger partial charge in [-0.15, -0.1) is 23.5 Å². The Bertz CT molecular complexity index is 271. The maximum atomic E-state index is 2.32. The fourth-order valence-electron chi connectivity index (χ4n) is 2.80. The van der Waals surface area contributed by atoms with Gasteiger partial charge in [0.1, 0.15) is 0 Å². The minimum atomic E-state index is 0.894. The molecule has 0 amide bonds. The van der Waals surface area contributed by atoms with Crippen LogP contribution in [0.3, 0.4) is 0 Å². The zero-order valence-corrected chi connectivity index (χ0v) is 15.5. The van der Waals surface area contributed by atoms with Gasteiger partial charge in [0, 0.05) is 11.0 Å². The number of hydrogen-bond donors (Lipinski definition) is 0. The molecule has 1 heterocycles. The van der Waals surface area contributed by atoms with Crippen LogP contribution >= 0.6 is 23.5 Å². The van der Waals surface area contributed by atoms with E-state index in [2.05, 4.69) is 44.3 Å². The lowest BCUT2D eigenvalue weighted by Crippen LogP contribution is -2.11. The first kappa shape index (κ1) is 18.5. The third-order valence-electron chi connectivity index (χ3n) is 4.09. The molecule has 1 rings (SSSR count). The van der Waals surface area contributed by atoms with E-state index in [0.717, 1.165) is 5.25 Å². The van der Waals surface area contributed by atoms with Gasteiger partial charge in [-0.3, -0.25) is 0 Å². The first-order chi connectivity index (χ1) is 9.81. The summed E-state index contributed by atoms with van der Waals surface area (Å²) in [4.78, 5) is 3.36. The largest absolute Gasteiger partial charge is 0.129 e. The van der Waals surface area contributed by atoms with Crippen molar-refractivity contribution in [3.8, 4) is 0 Å². The summed E-state index contributed by atoms with van der Waals surface area (Å²) in [6.07, 6.45) is 15.5. The maximum absolute atomic E-state index is 2.32. The second-order valence-corrected chi connectivity index (χ2v) is 8.38. The Kier molecular flexibility index (Phi) is 11.1. The van der Waals surface area contributed by atoms with E-state index in [4.69, 9.17) is 0 Å². The van der Waals surface area contributed by atoms with Gasteiger partial charge in [0.25, 0.3) is 0 Å². The van der Waals surface area contributed by atoms with Gasteiger partial charge in [-0.25, -0.2) is 0 Å². The lowest BCUT2D eigenvalue weighted by atomic mass is 10.1. The lowest BCUT2D eigenvalue weighted by molar-refractivity contribution is 0.565. The maximum Gasteiger partial charge on any atom is 0.0185 e. The van der Waals surface area contributed by atoms with Gasteiger partial charge in [0.05, 0.1) is 0 Å². The monoisotopic (exact) mass is 314 g/mol. The van der Waals surface area contributed by atoms with Crippen LogP contribution in [0.4, 0.5) is 0 Å². The minimum absolute atomic E-state index is 0.894. The quantitative estimate of drug-likeness (QED) is 0.364. The fourth-order valence-corrected chi connectivity index (χ4v) is 5.79. The van der Waals surface area contributed by atoms with Crippen LogP contribution in [-0.4, -0.2) is 11.0 Å². The first-order valence-electron chi connectivity index (χ1n) is 8.83. The fraction of sp³-hybridized carbons (Fsp3) is 0.889. The molecule has 1 atom stereocenters. The predicted octanol–water partition coefficient (Wildman–Crippen LogP) is 7.40. The molecule has 0 aromatic heterocycles. The zero-order valence-electron chi connectivity index (χ0n) is 13.9. The average molecular weight is 315 g/mol. The molecular weight excluding hydrogens is 280 g/mol. The molecular formula is C18H34S2. The zero-order chi connectivity index (χ0) is 14.6. The van der Waals surface area contributed by atoms with Crippen LogP contribution in [0.5, 0.6) is 0 Å². The van der Waals surface area contributed by atoms with E-state index in [1.807, 2.05) is 0 Å². The molecule has 0 saturated carbocycles.